The van der Waals surface area contributed by atoms with E-state index in [0.717, 1.165) is 46.8 Å². The van der Waals surface area contributed by atoms with Crippen molar-refractivity contribution >= 4 is 0 Å². The van der Waals surface area contributed by atoms with Crippen molar-refractivity contribution in [2.45, 2.75) is 12.8 Å². The monoisotopic (exact) mass is 460 g/mol. The summed E-state index contributed by atoms with van der Waals surface area (Å²) in [7, 11) is 3.40. The standard InChI is InChI=1S/C31H28N2O2/c1-34-30-22-31(35-2)27(21-26(30)20-24-13-7-4-8-14-24)29-17-18-32-33(29)28-16-10-9-15-25(28)19-23-11-5-3-6-12-23/h3-18,21-22H,19-20H2,1-2H3. The highest BCUT2D eigenvalue weighted by atomic mass is 16.5. The van der Waals surface area contributed by atoms with E-state index in [1.165, 1.54) is 16.7 Å². The number of benzene rings is 4. The lowest BCUT2D eigenvalue weighted by Crippen LogP contribution is -2.05. The van der Waals surface area contributed by atoms with Gasteiger partial charge in [0.05, 0.1) is 31.8 Å². The van der Waals surface area contributed by atoms with E-state index >= 15 is 0 Å². The topological polar surface area (TPSA) is 36.3 Å². The number of para-hydroxylation sites is 1. The molecule has 174 valence electrons. The number of nitrogens with zero attached hydrogens (tertiary/aromatic N) is 2. The molecule has 0 unspecified atom stereocenters. The van der Waals surface area contributed by atoms with Gasteiger partial charge in [-0.25, -0.2) is 4.68 Å². The van der Waals surface area contributed by atoms with Gasteiger partial charge in [0, 0.05) is 18.1 Å². The minimum absolute atomic E-state index is 0.751. The molecule has 0 amide bonds. The first kappa shape index (κ1) is 22.5. The van der Waals surface area contributed by atoms with Gasteiger partial charge in [0.1, 0.15) is 11.5 Å². The Kier molecular flexibility index (Phi) is 6.62. The Bertz CT molecular complexity index is 1410. The summed E-state index contributed by atoms with van der Waals surface area (Å²) in [6, 6.07) is 35.5. The fraction of sp³-hybridized carbons (Fsp3) is 0.129. The summed E-state index contributed by atoms with van der Waals surface area (Å²) in [6.45, 7) is 0. The molecule has 0 bridgehead atoms. The van der Waals surface area contributed by atoms with Crippen molar-refractivity contribution in [2.75, 3.05) is 14.2 Å². The SMILES string of the molecule is COc1cc(OC)c(-c2ccnn2-c2ccccc2Cc2ccccc2)cc1Cc1ccccc1. The molecule has 1 aromatic heterocycles. The summed E-state index contributed by atoms with van der Waals surface area (Å²) in [6.07, 6.45) is 3.43. The van der Waals surface area contributed by atoms with E-state index in [1.807, 2.05) is 35.1 Å². The average Bonchev–Trinajstić information content (AvgIpc) is 3.39. The molecule has 4 nitrogen and oxygen atoms in total. The van der Waals surface area contributed by atoms with Crippen LogP contribution in [0.3, 0.4) is 0 Å². The summed E-state index contributed by atoms with van der Waals surface area (Å²) >= 11 is 0. The maximum absolute atomic E-state index is 5.81. The highest BCUT2D eigenvalue weighted by Crippen LogP contribution is 2.38. The molecule has 1 heterocycles. The van der Waals surface area contributed by atoms with E-state index in [9.17, 15) is 0 Å². The number of hydrogen-bond acceptors (Lipinski definition) is 3. The normalized spacial score (nSPS) is 10.8. The second kappa shape index (κ2) is 10.3. The second-order valence-corrected chi connectivity index (χ2v) is 8.45. The first-order valence-corrected chi connectivity index (χ1v) is 11.7. The van der Waals surface area contributed by atoms with Crippen LogP contribution < -0.4 is 9.47 Å². The molecule has 0 aliphatic carbocycles. The van der Waals surface area contributed by atoms with E-state index < -0.39 is 0 Å². The summed E-state index contributed by atoms with van der Waals surface area (Å²) < 4.78 is 13.6. The number of aromatic nitrogens is 2. The lowest BCUT2D eigenvalue weighted by Gasteiger charge is -2.17. The third-order valence-electron chi connectivity index (χ3n) is 6.22. The van der Waals surface area contributed by atoms with Crippen LogP contribution in [0, 0.1) is 0 Å². The van der Waals surface area contributed by atoms with Crippen molar-refractivity contribution in [3.05, 3.63) is 132 Å². The third kappa shape index (κ3) is 4.82. The van der Waals surface area contributed by atoms with Gasteiger partial charge in [0.2, 0.25) is 0 Å². The molecule has 0 spiro atoms. The molecule has 0 aliphatic heterocycles. The van der Waals surface area contributed by atoms with Crippen LogP contribution in [-0.4, -0.2) is 24.0 Å². The number of ether oxygens (including phenoxy) is 2. The van der Waals surface area contributed by atoms with Crippen molar-refractivity contribution in [3.8, 4) is 28.4 Å². The van der Waals surface area contributed by atoms with Crippen LogP contribution in [0.5, 0.6) is 11.5 Å². The van der Waals surface area contributed by atoms with Gasteiger partial charge in [-0.15, -0.1) is 0 Å². The van der Waals surface area contributed by atoms with Crippen LogP contribution in [0.25, 0.3) is 16.9 Å². The molecule has 0 fully saturated rings. The van der Waals surface area contributed by atoms with Crippen LogP contribution in [0.2, 0.25) is 0 Å². The van der Waals surface area contributed by atoms with Crippen LogP contribution in [0.1, 0.15) is 22.3 Å². The van der Waals surface area contributed by atoms with Crippen molar-refractivity contribution < 1.29 is 9.47 Å². The lowest BCUT2D eigenvalue weighted by atomic mass is 9.99. The highest BCUT2D eigenvalue weighted by molar-refractivity contribution is 5.72. The zero-order chi connectivity index (χ0) is 24.0. The highest BCUT2D eigenvalue weighted by Gasteiger charge is 2.18. The van der Waals surface area contributed by atoms with Gasteiger partial charge >= 0.3 is 0 Å². The van der Waals surface area contributed by atoms with Gasteiger partial charge in [-0.2, -0.15) is 5.10 Å². The summed E-state index contributed by atoms with van der Waals surface area (Å²) in [4.78, 5) is 0. The number of hydrogen-bond donors (Lipinski definition) is 0. The first-order chi connectivity index (χ1) is 17.3. The average molecular weight is 461 g/mol. The smallest absolute Gasteiger partial charge is 0.131 e. The van der Waals surface area contributed by atoms with Gasteiger partial charge in [-0.1, -0.05) is 78.9 Å². The summed E-state index contributed by atoms with van der Waals surface area (Å²) in [5.41, 5.74) is 7.80. The van der Waals surface area contributed by atoms with Gasteiger partial charge in [0.25, 0.3) is 0 Å². The second-order valence-electron chi connectivity index (χ2n) is 8.45. The van der Waals surface area contributed by atoms with Crippen LogP contribution >= 0.6 is 0 Å². The zero-order valence-electron chi connectivity index (χ0n) is 20.0. The predicted octanol–water partition coefficient (Wildman–Crippen LogP) is 6.74. The Balaban J connectivity index is 1.60. The van der Waals surface area contributed by atoms with Crippen LogP contribution in [0.15, 0.2) is 109 Å². The van der Waals surface area contributed by atoms with Gasteiger partial charge < -0.3 is 9.47 Å². The Morgan fingerprint density at radius 2 is 1.23 bits per heavy atom. The first-order valence-electron chi connectivity index (χ1n) is 11.7. The van der Waals surface area contributed by atoms with Crippen LogP contribution in [0.4, 0.5) is 0 Å². The minimum atomic E-state index is 0.751. The van der Waals surface area contributed by atoms with E-state index in [-0.39, 0.29) is 0 Å². The van der Waals surface area contributed by atoms with Crippen molar-refractivity contribution in [3.63, 3.8) is 0 Å². The fourth-order valence-corrected chi connectivity index (χ4v) is 4.50. The van der Waals surface area contributed by atoms with Gasteiger partial charge in [0.15, 0.2) is 0 Å². The maximum atomic E-state index is 5.81. The number of methoxy groups -OCH3 is 2. The van der Waals surface area contributed by atoms with E-state index in [0.29, 0.717) is 0 Å². The molecule has 0 radical (unpaired) electrons. The molecule has 0 saturated carbocycles. The zero-order valence-corrected chi connectivity index (χ0v) is 20.0. The molecule has 4 aromatic carbocycles. The van der Waals surface area contributed by atoms with E-state index in [4.69, 9.17) is 14.6 Å². The van der Waals surface area contributed by atoms with Gasteiger partial charge in [-0.3, -0.25) is 0 Å². The molecular weight excluding hydrogens is 432 g/mol. The Morgan fingerprint density at radius 1 is 0.629 bits per heavy atom. The third-order valence-corrected chi connectivity index (χ3v) is 6.22. The number of rotatable bonds is 8. The molecule has 4 heteroatoms. The Hall–Kier alpha value is -4.31. The van der Waals surface area contributed by atoms with Crippen molar-refractivity contribution in [2.24, 2.45) is 0 Å². The molecule has 5 rings (SSSR count). The summed E-state index contributed by atoms with van der Waals surface area (Å²) in [5, 5.41) is 4.73. The summed E-state index contributed by atoms with van der Waals surface area (Å²) in [5.74, 6) is 1.56. The minimum Gasteiger partial charge on any atom is -0.496 e. The molecule has 0 aliphatic rings. The van der Waals surface area contributed by atoms with Crippen molar-refractivity contribution in [1.29, 1.82) is 0 Å². The Labute approximate surface area is 206 Å². The van der Waals surface area contributed by atoms with E-state index in [2.05, 4.69) is 78.9 Å². The van der Waals surface area contributed by atoms with E-state index in [1.54, 1.807) is 14.2 Å². The largest absolute Gasteiger partial charge is 0.496 e. The Morgan fingerprint density at radius 3 is 1.89 bits per heavy atom. The quantitative estimate of drug-likeness (QED) is 0.257. The molecule has 35 heavy (non-hydrogen) atoms. The maximum Gasteiger partial charge on any atom is 0.131 e. The molecule has 5 aromatic rings. The molecule has 0 N–H and O–H groups in total. The lowest BCUT2D eigenvalue weighted by molar-refractivity contribution is 0.392. The molecule has 0 atom stereocenters. The fourth-order valence-electron chi connectivity index (χ4n) is 4.50. The molecular formula is C31H28N2O2. The van der Waals surface area contributed by atoms with Crippen LogP contribution in [-0.2, 0) is 12.8 Å². The van der Waals surface area contributed by atoms with Gasteiger partial charge in [-0.05, 0) is 46.9 Å². The van der Waals surface area contributed by atoms with Crippen molar-refractivity contribution in [1.82, 2.24) is 9.78 Å². The predicted molar refractivity (Wildman–Crippen MR) is 141 cm³/mol. The molecule has 0 saturated heterocycles.